The van der Waals surface area contributed by atoms with Crippen molar-refractivity contribution in [3.63, 3.8) is 0 Å². The van der Waals surface area contributed by atoms with Crippen molar-refractivity contribution in [2.24, 2.45) is 0 Å². The number of carbonyl (C=O) groups excluding carboxylic acids is 1. The molecule has 0 saturated carbocycles. The highest BCUT2D eigenvalue weighted by Gasteiger charge is 2.23. The van der Waals surface area contributed by atoms with E-state index in [0.29, 0.717) is 12.3 Å². The predicted octanol–water partition coefficient (Wildman–Crippen LogP) is 1.80. The average molecular weight is 205 g/mol. The lowest BCUT2D eigenvalue weighted by atomic mass is 9.91. The van der Waals surface area contributed by atoms with Crippen LogP contribution in [0, 0.1) is 0 Å². The zero-order chi connectivity index (χ0) is 11.0. The summed E-state index contributed by atoms with van der Waals surface area (Å²) in [6.07, 6.45) is 0.441. The van der Waals surface area contributed by atoms with Crippen LogP contribution in [-0.2, 0) is 17.8 Å². The molecule has 1 aliphatic rings. The third-order valence-corrected chi connectivity index (χ3v) is 2.81. The molecule has 1 aromatic rings. The summed E-state index contributed by atoms with van der Waals surface area (Å²) < 4.78 is 0. The summed E-state index contributed by atoms with van der Waals surface area (Å²) in [5.74, 6) is 0.372. The summed E-state index contributed by atoms with van der Waals surface area (Å²) >= 11 is 0. The van der Waals surface area contributed by atoms with Crippen molar-refractivity contribution in [3.05, 3.63) is 28.8 Å². The van der Waals surface area contributed by atoms with Crippen LogP contribution in [0.2, 0.25) is 0 Å². The Morgan fingerprint density at radius 1 is 1.47 bits per heavy atom. The average Bonchev–Trinajstić information content (AvgIpc) is 2.55. The van der Waals surface area contributed by atoms with Crippen molar-refractivity contribution < 1.29 is 9.90 Å². The van der Waals surface area contributed by atoms with Crippen LogP contribution >= 0.6 is 0 Å². The summed E-state index contributed by atoms with van der Waals surface area (Å²) in [4.78, 5) is 11.3. The van der Waals surface area contributed by atoms with Crippen LogP contribution in [0.3, 0.4) is 0 Å². The smallest absolute Gasteiger partial charge is 0.228 e. The van der Waals surface area contributed by atoms with Gasteiger partial charge in [-0.05, 0) is 28.7 Å². The highest BCUT2D eigenvalue weighted by Crippen LogP contribution is 2.33. The Morgan fingerprint density at radius 2 is 2.20 bits per heavy atom. The minimum absolute atomic E-state index is 0.0367. The van der Waals surface area contributed by atoms with Crippen molar-refractivity contribution in [1.29, 1.82) is 0 Å². The molecule has 0 fully saturated rings. The second-order valence-electron chi connectivity index (χ2n) is 4.20. The number of rotatable bonds is 2. The van der Waals surface area contributed by atoms with Crippen LogP contribution in [0.4, 0.5) is 5.69 Å². The van der Waals surface area contributed by atoms with E-state index in [1.54, 1.807) is 0 Å². The Labute approximate surface area is 89.1 Å². The van der Waals surface area contributed by atoms with Gasteiger partial charge < -0.3 is 10.4 Å². The normalized spacial score (nSPS) is 14.3. The molecule has 15 heavy (non-hydrogen) atoms. The first-order chi connectivity index (χ1) is 7.13. The largest absolute Gasteiger partial charge is 0.392 e. The van der Waals surface area contributed by atoms with Gasteiger partial charge in [-0.15, -0.1) is 0 Å². The molecule has 2 N–H and O–H groups in total. The Hall–Kier alpha value is -1.35. The molecular formula is C12H15NO2. The van der Waals surface area contributed by atoms with Crippen LogP contribution in [-0.4, -0.2) is 11.0 Å². The van der Waals surface area contributed by atoms with Crippen LogP contribution < -0.4 is 5.32 Å². The number of anilines is 1. The molecule has 0 radical (unpaired) electrons. The Morgan fingerprint density at radius 3 is 2.80 bits per heavy atom. The van der Waals surface area contributed by atoms with E-state index < -0.39 is 0 Å². The maximum Gasteiger partial charge on any atom is 0.228 e. The molecule has 0 bridgehead atoms. The van der Waals surface area contributed by atoms with Gasteiger partial charge in [0.05, 0.1) is 13.0 Å². The fourth-order valence-electron chi connectivity index (χ4n) is 2.23. The molecule has 0 unspecified atom stereocenters. The van der Waals surface area contributed by atoms with Gasteiger partial charge in [0.15, 0.2) is 0 Å². The monoisotopic (exact) mass is 205 g/mol. The number of fused-ring (bicyclic) bond motifs is 1. The molecule has 1 aliphatic heterocycles. The molecule has 0 saturated heterocycles. The van der Waals surface area contributed by atoms with E-state index in [1.807, 2.05) is 12.1 Å². The third-order valence-electron chi connectivity index (χ3n) is 2.81. The van der Waals surface area contributed by atoms with Crippen molar-refractivity contribution in [2.45, 2.75) is 32.8 Å². The van der Waals surface area contributed by atoms with Gasteiger partial charge in [0.2, 0.25) is 5.91 Å². The molecule has 1 heterocycles. The summed E-state index contributed by atoms with van der Waals surface area (Å²) in [5, 5.41) is 12.1. The van der Waals surface area contributed by atoms with Crippen LogP contribution in [0.15, 0.2) is 12.1 Å². The van der Waals surface area contributed by atoms with E-state index >= 15 is 0 Å². The van der Waals surface area contributed by atoms with Crippen molar-refractivity contribution >= 4 is 11.6 Å². The SMILES string of the molecule is CC(C)c1c(CO)ccc2c1CC(=O)N2. The molecule has 2 rings (SSSR count). The molecule has 3 nitrogen and oxygen atoms in total. The van der Waals surface area contributed by atoms with Crippen LogP contribution in [0.25, 0.3) is 0 Å². The molecule has 1 aromatic carbocycles. The minimum atomic E-state index is 0.0367. The van der Waals surface area contributed by atoms with E-state index in [-0.39, 0.29) is 12.5 Å². The van der Waals surface area contributed by atoms with Crippen molar-refractivity contribution in [1.82, 2.24) is 0 Å². The number of amides is 1. The molecular weight excluding hydrogens is 190 g/mol. The molecule has 3 heteroatoms. The fraction of sp³-hybridized carbons (Fsp3) is 0.417. The first-order valence-electron chi connectivity index (χ1n) is 5.19. The lowest BCUT2D eigenvalue weighted by Gasteiger charge is -2.15. The highest BCUT2D eigenvalue weighted by molar-refractivity contribution is 5.99. The minimum Gasteiger partial charge on any atom is -0.392 e. The summed E-state index contributed by atoms with van der Waals surface area (Å²) in [6.45, 7) is 4.20. The van der Waals surface area contributed by atoms with E-state index in [9.17, 15) is 9.90 Å². The van der Waals surface area contributed by atoms with E-state index in [4.69, 9.17) is 0 Å². The van der Waals surface area contributed by atoms with E-state index in [0.717, 1.165) is 22.4 Å². The summed E-state index contributed by atoms with van der Waals surface area (Å²) in [5.41, 5.74) is 4.01. The first kappa shape index (κ1) is 10.2. The number of hydrogen-bond acceptors (Lipinski definition) is 2. The standard InChI is InChI=1S/C12H15NO2/c1-7(2)12-8(6-14)3-4-10-9(12)5-11(15)13-10/h3-4,7,14H,5-6H2,1-2H3,(H,13,15). The number of benzene rings is 1. The quantitative estimate of drug-likeness (QED) is 0.773. The fourth-order valence-corrected chi connectivity index (χ4v) is 2.23. The molecule has 80 valence electrons. The van der Waals surface area contributed by atoms with Gasteiger partial charge in [-0.3, -0.25) is 4.79 Å². The zero-order valence-electron chi connectivity index (χ0n) is 9.00. The number of carbonyl (C=O) groups is 1. The zero-order valence-corrected chi connectivity index (χ0v) is 9.00. The number of aliphatic hydroxyl groups is 1. The summed E-state index contributed by atoms with van der Waals surface area (Å²) in [6, 6.07) is 3.76. The van der Waals surface area contributed by atoms with Gasteiger partial charge in [-0.25, -0.2) is 0 Å². The number of nitrogens with one attached hydrogen (secondary N) is 1. The Bertz CT molecular complexity index is 410. The van der Waals surface area contributed by atoms with Gasteiger partial charge in [-0.2, -0.15) is 0 Å². The molecule has 0 aliphatic carbocycles. The van der Waals surface area contributed by atoms with Gasteiger partial charge in [0.25, 0.3) is 0 Å². The second kappa shape index (κ2) is 3.66. The van der Waals surface area contributed by atoms with Gasteiger partial charge in [0, 0.05) is 5.69 Å². The van der Waals surface area contributed by atoms with Crippen molar-refractivity contribution in [2.75, 3.05) is 5.32 Å². The number of hydrogen-bond donors (Lipinski definition) is 2. The van der Waals surface area contributed by atoms with Crippen LogP contribution in [0.1, 0.15) is 36.5 Å². The van der Waals surface area contributed by atoms with E-state index in [2.05, 4.69) is 19.2 Å². The maximum atomic E-state index is 11.3. The number of aliphatic hydroxyl groups excluding tert-OH is 1. The maximum absolute atomic E-state index is 11.3. The van der Waals surface area contributed by atoms with Gasteiger partial charge in [-0.1, -0.05) is 19.9 Å². The topological polar surface area (TPSA) is 49.3 Å². The van der Waals surface area contributed by atoms with Gasteiger partial charge >= 0.3 is 0 Å². The molecule has 0 aromatic heterocycles. The van der Waals surface area contributed by atoms with Crippen LogP contribution in [0.5, 0.6) is 0 Å². The molecule has 0 spiro atoms. The highest BCUT2D eigenvalue weighted by atomic mass is 16.3. The Kier molecular flexibility index (Phi) is 2.49. The predicted molar refractivity (Wildman–Crippen MR) is 58.8 cm³/mol. The lowest BCUT2D eigenvalue weighted by Crippen LogP contribution is -2.04. The first-order valence-corrected chi connectivity index (χ1v) is 5.19. The second-order valence-corrected chi connectivity index (χ2v) is 4.20. The van der Waals surface area contributed by atoms with Gasteiger partial charge in [0.1, 0.15) is 0 Å². The Balaban J connectivity index is 2.58. The summed E-state index contributed by atoms with van der Waals surface area (Å²) in [7, 11) is 0. The van der Waals surface area contributed by atoms with Crippen molar-refractivity contribution in [3.8, 4) is 0 Å². The molecule has 1 amide bonds. The van der Waals surface area contributed by atoms with E-state index in [1.165, 1.54) is 0 Å². The molecule has 0 atom stereocenters. The third kappa shape index (κ3) is 1.63. The lowest BCUT2D eigenvalue weighted by molar-refractivity contribution is -0.115.